The minimum atomic E-state index is -0.409. The third kappa shape index (κ3) is 5.10. The molecule has 0 aliphatic rings. The first-order valence-corrected chi connectivity index (χ1v) is 7.91. The average Bonchev–Trinajstić information content (AvgIpc) is 2.52. The fourth-order valence-corrected chi connectivity index (χ4v) is 2.46. The number of nitrogens with one attached hydrogen (secondary N) is 1. The van der Waals surface area contributed by atoms with Gasteiger partial charge < -0.3 is 14.8 Å². The van der Waals surface area contributed by atoms with Gasteiger partial charge in [-0.3, -0.25) is 4.79 Å². The summed E-state index contributed by atoms with van der Waals surface area (Å²) < 4.78 is 10.2. The number of hydrogen-bond donors (Lipinski definition) is 1. The van der Waals surface area contributed by atoms with Crippen molar-refractivity contribution in [3.63, 3.8) is 0 Å². The Morgan fingerprint density at radius 1 is 1.50 bits per heavy atom. The lowest BCUT2D eigenvalue weighted by molar-refractivity contribution is -0.117. The van der Waals surface area contributed by atoms with Crippen molar-refractivity contribution in [2.45, 2.75) is 17.9 Å². The maximum Gasteiger partial charge on any atom is 0.262 e. The first-order chi connectivity index (χ1) is 10.5. The van der Waals surface area contributed by atoms with Crippen LogP contribution in [0.1, 0.15) is 12.5 Å². The molecule has 1 rings (SSSR count). The molecule has 0 aliphatic carbocycles. The van der Waals surface area contributed by atoms with Gasteiger partial charge in [0.15, 0.2) is 0 Å². The Morgan fingerprint density at radius 3 is 2.77 bits per heavy atom. The van der Waals surface area contributed by atoms with Crippen LogP contribution in [0.4, 0.5) is 0 Å². The molecule has 0 heterocycles. The predicted octanol–water partition coefficient (Wildman–Crippen LogP) is 2.48. The van der Waals surface area contributed by atoms with E-state index in [2.05, 4.69) is 5.32 Å². The highest BCUT2D eigenvalue weighted by atomic mass is 32.2. The zero-order valence-corrected chi connectivity index (χ0v) is 14.0. The molecule has 0 aromatic heterocycles. The number of hydrogen-bond acceptors (Lipinski definition) is 5. The van der Waals surface area contributed by atoms with E-state index in [0.717, 1.165) is 16.2 Å². The maximum absolute atomic E-state index is 12.1. The summed E-state index contributed by atoms with van der Waals surface area (Å²) >= 11 is 1.54. The highest BCUT2D eigenvalue weighted by Crippen LogP contribution is 2.29. The van der Waals surface area contributed by atoms with Crippen molar-refractivity contribution in [2.75, 3.05) is 27.1 Å². The van der Waals surface area contributed by atoms with E-state index in [-0.39, 0.29) is 11.6 Å². The van der Waals surface area contributed by atoms with Crippen LogP contribution in [-0.2, 0) is 9.53 Å². The number of amides is 1. The number of ether oxygens (including phenoxy) is 2. The monoisotopic (exact) mass is 320 g/mol. The molecule has 1 aromatic carbocycles. The summed E-state index contributed by atoms with van der Waals surface area (Å²) in [6.07, 6.45) is 3.50. The summed E-state index contributed by atoms with van der Waals surface area (Å²) in [7, 11) is 3.17. The average molecular weight is 320 g/mol. The molecule has 22 heavy (non-hydrogen) atoms. The minimum absolute atomic E-state index is 0.0557. The third-order valence-corrected chi connectivity index (χ3v) is 3.64. The molecule has 1 amide bonds. The molecule has 1 atom stereocenters. The molecule has 0 aliphatic heterocycles. The van der Waals surface area contributed by atoms with Gasteiger partial charge in [0.25, 0.3) is 5.91 Å². The van der Waals surface area contributed by atoms with E-state index in [1.54, 1.807) is 32.1 Å². The van der Waals surface area contributed by atoms with E-state index < -0.39 is 5.91 Å². The molecular formula is C16H20N2O3S. The van der Waals surface area contributed by atoms with Gasteiger partial charge in [-0.25, -0.2) is 0 Å². The zero-order valence-electron chi connectivity index (χ0n) is 13.2. The normalized spacial score (nSPS) is 12.4. The lowest BCUT2D eigenvalue weighted by Crippen LogP contribution is -2.36. The molecule has 0 unspecified atom stereocenters. The molecule has 0 radical (unpaired) electrons. The van der Waals surface area contributed by atoms with Crippen molar-refractivity contribution < 1.29 is 14.3 Å². The van der Waals surface area contributed by atoms with E-state index in [1.165, 1.54) is 0 Å². The highest BCUT2D eigenvalue weighted by molar-refractivity contribution is 7.98. The molecule has 0 saturated carbocycles. The van der Waals surface area contributed by atoms with Crippen LogP contribution in [0.3, 0.4) is 0 Å². The molecule has 5 nitrogen and oxygen atoms in total. The Labute approximate surface area is 135 Å². The van der Waals surface area contributed by atoms with Crippen molar-refractivity contribution in [1.29, 1.82) is 5.26 Å². The molecule has 1 aromatic rings. The lowest BCUT2D eigenvalue weighted by Gasteiger charge is -2.12. The van der Waals surface area contributed by atoms with Crippen LogP contribution in [-0.4, -0.2) is 39.0 Å². The summed E-state index contributed by atoms with van der Waals surface area (Å²) in [6.45, 7) is 2.21. The van der Waals surface area contributed by atoms with Gasteiger partial charge >= 0.3 is 0 Å². The van der Waals surface area contributed by atoms with E-state index in [9.17, 15) is 10.1 Å². The summed E-state index contributed by atoms with van der Waals surface area (Å²) in [6, 6.07) is 7.28. The first kappa shape index (κ1) is 18.1. The summed E-state index contributed by atoms with van der Waals surface area (Å²) in [4.78, 5) is 13.0. The second-order valence-electron chi connectivity index (χ2n) is 4.61. The fraction of sp³-hybridized carbons (Fsp3) is 0.375. The fourth-order valence-electron chi connectivity index (χ4n) is 1.85. The number of methoxy groups -OCH3 is 2. The molecule has 6 heteroatoms. The molecule has 1 N–H and O–H groups in total. The number of benzene rings is 1. The first-order valence-electron chi connectivity index (χ1n) is 6.69. The number of rotatable bonds is 7. The Morgan fingerprint density at radius 2 is 2.23 bits per heavy atom. The van der Waals surface area contributed by atoms with Gasteiger partial charge in [-0.05, 0) is 37.0 Å². The van der Waals surface area contributed by atoms with Gasteiger partial charge in [0, 0.05) is 18.0 Å². The van der Waals surface area contributed by atoms with E-state index >= 15 is 0 Å². The van der Waals surface area contributed by atoms with Gasteiger partial charge in [-0.15, -0.1) is 11.8 Å². The molecular weight excluding hydrogens is 300 g/mol. The molecule has 118 valence electrons. The number of carbonyl (C=O) groups is 1. The van der Waals surface area contributed by atoms with Crippen LogP contribution in [0.5, 0.6) is 5.75 Å². The van der Waals surface area contributed by atoms with Crippen LogP contribution in [0, 0.1) is 11.3 Å². The highest BCUT2D eigenvalue weighted by Gasteiger charge is 2.12. The zero-order chi connectivity index (χ0) is 16.5. The largest absolute Gasteiger partial charge is 0.496 e. The smallest absolute Gasteiger partial charge is 0.262 e. The standard InChI is InChI=1S/C16H20N2O3S/c1-11(10-20-2)18-16(19)13(9-17)7-12-5-6-14(21-3)15(8-12)22-4/h5-8,11H,10H2,1-4H3,(H,18,19)/b13-7-/t11-/m0/s1. The van der Waals surface area contributed by atoms with Crippen molar-refractivity contribution in [3.8, 4) is 11.8 Å². The number of thioether (sulfide) groups is 1. The predicted molar refractivity (Wildman–Crippen MR) is 87.8 cm³/mol. The van der Waals surface area contributed by atoms with Crippen LogP contribution in [0.2, 0.25) is 0 Å². The second-order valence-corrected chi connectivity index (χ2v) is 5.46. The quantitative estimate of drug-likeness (QED) is 0.475. The summed E-state index contributed by atoms with van der Waals surface area (Å²) in [5.74, 6) is 0.356. The van der Waals surface area contributed by atoms with Crippen molar-refractivity contribution in [2.24, 2.45) is 0 Å². The van der Waals surface area contributed by atoms with Crippen molar-refractivity contribution >= 4 is 23.7 Å². The third-order valence-electron chi connectivity index (χ3n) is 2.88. The van der Waals surface area contributed by atoms with Gasteiger partial charge in [-0.1, -0.05) is 6.07 Å². The van der Waals surface area contributed by atoms with Crippen molar-refractivity contribution in [1.82, 2.24) is 5.32 Å². The van der Waals surface area contributed by atoms with Gasteiger partial charge in [0.1, 0.15) is 17.4 Å². The Kier molecular flexibility index (Phi) is 7.50. The molecule has 0 spiro atoms. The molecule has 0 fully saturated rings. The lowest BCUT2D eigenvalue weighted by atomic mass is 10.1. The van der Waals surface area contributed by atoms with E-state index in [4.69, 9.17) is 9.47 Å². The topological polar surface area (TPSA) is 71.3 Å². The number of carbonyl (C=O) groups excluding carboxylic acids is 1. The number of nitriles is 1. The van der Waals surface area contributed by atoms with Crippen LogP contribution >= 0.6 is 11.8 Å². The second kappa shape index (κ2) is 9.13. The molecule has 0 bridgehead atoms. The van der Waals surface area contributed by atoms with Gasteiger partial charge in [0.2, 0.25) is 0 Å². The van der Waals surface area contributed by atoms with Crippen LogP contribution in [0.25, 0.3) is 6.08 Å². The van der Waals surface area contributed by atoms with Crippen LogP contribution < -0.4 is 10.1 Å². The van der Waals surface area contributed by atoms with E-state index in [1.807, 2.05) is 37.4 Å². The van der Waals surface area contributed by atoms with Crippen LogP contribution in [0.15, 0.2) is 28.7 Å². The maximum atomic E-state index is 12.1. The summed E-state index contributed by atoms with van der Waals surface area (Å²) in [5, 5.41) is 11.9. The Bertz CT molecular complexity index is 594. The molecule has 0 saturated heterocycles. The van der Waals surface area contributed by atoms with Gasteiger partial charge in [0.05, 0.1) is 13.7 Å². The minimum Gasteiger partial charge on any atom is -0.496 e. The Hall–Kier alpha value is -1.97. The van der Waals surface area contributed by atoms with Crippen molar-refractivity contribution in [3.05, 3.63) is 29.3 Å². The number of nitrogens with zero attached hydrogens (tertiary/aromatic N) is 1. The summed E-state index contributed by atoms with van der Waals surface area (Å²) in [5.41, 5.74) is 0.830. The van der Waals surface area contributed by atoms with Gasteiger partial charge in [-0.2, -0.15) is 5.26 Å². The Balaban J connectivity index is 2.97. The SMILES string of the molecule is COC[C@H](C)NC(=O)/C(C#N)=C\c1ccc(OC)c(SC)c1. The van der Waals surface area contributed by atoms with E-state index in [0.29, 0.717) is 6.61 Å².